The quantitative estimate of drug-likeness (QED) is 0.876. The van der Waals surface area contributed by atoms with E-state index in [1.807, 2.05) is 19.1 Å². The van der Waals surface area contributed by atoms with E-state index in [1.54, 1.807) is 13.3 Å². The van der Waals surface area contributed by atoms with E-state index in [-0.39, 0.29) is 0 Å². The summed E-state index contributed by atoms with van der Waals surface area (Å²) in [6.07, 6.45) is 2.67. The number of hydrogen-bond acceptors (Lipinski definition) is 5. The summed E-state index contributed by atoms with van der Waals surface area (Å²) in [5, 5.41) is 3.22. The molecule has 0 spiro atoms. The maximum atomic E-state index is 5.17. The van der Waals surface area contributed by atoms with Gasteiger partial charge in [-0.3, -0.25) is 4.98 Å². The lowest BCUT2D eigenvalue weighted by molar-refractivity contribution is 0.181. The number of methoxy groups -OCH3 is 1. The zero-order chi connectivity index (χ0) is 14.4. The van der Waals surface area contributed by atoms with Crippen LogP contribution in [0.4, 0.5) is 5.82 Å². The molecule has 2 heterocycles. The molecule has 0 radical (unpaired) electrons. The number of aryl methyl sites for hydroxylation is 1. The third-order valence-electron chi connectivity index (χ3n) is 2.91. The Balaban J connectivity index is 2.48. The topological polar surface area (TPSA) is 59.9 Å². The molecule has 106 valence electrons. The Hall–Kier alpha value is -2.01. The van der Waals surface area contributed by atoms with Crippen molar-refractivity contribution in [1.29, 1.82) is 0 Å². The number of pyridine rings is 1. The van der Waals surface area contributed by atoms with Crippen LogP contribution in [-0.4, -0.2) is 28.6 Å². The Morgan fingerprint density at radius 2 is 2.10 bits per heavy atom. The normalized spacial score (nSPS) is 10.6. The molecule has 2 rings (SSSR count). The smallest absolute Gasteiger partial charge is 0.180 e. The van der Waals surface area contributed by atoms with Crippen molar-refractivity contribution in [3.63, 3.8) is 0 Å². The number of nitrogens with one attached hydrogen (secondary N) is 1. The summed E-state index contributed by atoms with van der Waals surface area (Å²) >= 11 is 0. The van der Waals surface area contributed by atoms with E-state index >= 15 is 0 Å². The molecule has 2 aromatic rings. The second-order valence-electron chi connectivity index (χ2n) is 4.40. The standard InChI is InChI=1S/C15H20N4O/c1-4-11-7-6-8-17-14(11)15-18-12(10-20-3)9-13(19-15)16-5-2/h6-9H,4-5,10H2,1-3H3,(H,16,18,19). The minimum absolute atomic E-state index is 0.461. The largest absolute Gasteiger partial charge is 0.378 e. The Labute approximate surface area is 119 Å². The molecule has 0 atom stereocenters. The first-order valence-corrected chi connectivity index (χ1v) is 6.83. The van der Waals surface area contributed by atoms with Gasteiger partial charge in [-0.05, 0) is 25.0 Å². The highest BCUT2D eigenvalue weighted by Gasteiger charge is 2.11. The van der Waals surface area contributed by atoms with Gasteiger partial charge in [0.15, 0.2) is 5.82 Å². The van der Waals surface area contributed by atoms with E-state index in [4.69, 9.17) is 4.74 Å². The van der Waals surface area contributed by atoms with Crippen LogP contribution in [0.1, 0.15) is 25.1 Å². The lowest BCUT2D eigenvalue weighted by Gasteiger charge is -2.10. The second kappa shape index (κ2) is 6.96. The number of rotatable bonds is 6. The minimum atomic E-state index is 0.461. The van der Waals surface area contributed by atoms with E-state index in [0.717, 1.165) is 35.7 Å². The molecule has 0 aliphatic rings. The third-order valence-corrected chi connectivity index (χ3v) is 2.91. The van der Waals surface area contributed by atoms with Gasteiger partial charge in [-0.2, -0.15) is 0 Å². The molecule has 20 heavy (non-hydrogen) atoms. The number of hydrogen-bond donors (Lipinski definition) is 1. The fourth-order valence-electron chi connectivity index (χ4n) is 2.02. The van der Waals surface area contributed by atoms with Crippen LogP contribution in [0.3, 0.4) is 0 Å². The van der Waals surface area contributed by atoms with Crippen LogP contribution in [0.25, 0.3) is 11.5 Å². The van der Waals surface area contributed by atoms with Gasteiger partial charge in [-0.15, -0.1) is 0 Å². The first kappa shape index (κ1) is 14.4. The lowest BCUT2D eigenvalue weighted by Crippen LogP contribution is -2.06. The van der Waals surface area contributed by atoms with Crippen molar-refractivity contribution in [2.24, 2.45) is 0 Å². The van der Waals surface area contributed by atoms with Gasteiger partial charge in [0.1, 0.15) is 11.5 Å². The van der Waals surface area contributed by atoms with Crippen LogP contribution in [-0.2, 0) is 17.8 Å². The highest BCUT2D eigenvalue weighted by Crippen LogP contribution is 2.20. The number of anilines is 1. The van der Waals surface area contributed by atoms with Gasteiger partial charge in [-0.1, -0.05) is 13.0 Å². The molecule has 0 amide bonds. The molecular weight excluding hydrogens is 252 g/mol. The number of nitrogens with zero attached hydrogens (tertiary/aromatic N) is 3. The molecule has 2 aromatic heterocycles. The third kappa shape index (κ3) is 3.30. The first-order chi connectivity index (χ1) is 9.78. The van der Waals surface area contributed by atoms with Gasteiger partial charge in [-0.25, -0.2) is 9.97 Å². The van der Waals surface area contributed by atoms with Gasteiger partial charge in [0.05, 0.1) is 12.3 Å². The predicted octanol–water partition coefficient (Wildman–Crippen LogP) is 2.68. The van der Waals surface area contributed by atoms with Crippen molar-refractivity contribution >= 4 is 5.82 Å². The fraction of sp³-hybridized carbons (Fsp3) is 0.400. The fourth-order valence-corrected chi connectivity index (χ4v) is 2.02. The minimum Gasteiger partial charge on any atom is -0.378 e. The summed E-state index contributed by atoms with van der Waals surface area (Å²) in [5.74, 6) is 1.45. The first-order valence-electron chi connectivity index (χ1n) is 6.83. The SMILES string of the molecule is CCNc1cc(COC)nc(-c2ncccc2CC)n1. The van der Waals surface area contributed by atoms with Crippen LogP contribution < -0.4 is 5.32 Å². The molecule has 0 unspecified atom stereocenters. The van der Waals surface area contributed by atoms with Crippen molar-refractivity contribution in [2.45, 2.75) is 26.9 Å². The van der Waals surface area contributed by atoms with Crippen molar-refractivity contribution < 1.29 is 4.74 Å². The summed E-state index contributed by atoms with van der Waals surface area (Å²) in [7, 11) is 1.66. The Morgan fingerprint density at radius 1 is 1.25 bits per heavy atom. The van der Waals surface area contributed by atoms with Gasteiger partial charge in [0.2, 0.25) is 0 Å². The average molecular weight is 272 g/mol. The maximum absolute atomic E-state index is 5.17. The van der Waals surface area contributed by atoms with Gasteiger partial charge < -0.3 is 10.1 Å². The molecular formula is C15H20N4O. The lowest BCUT2D eigenvalue weighted by atomic mass is 10.1. The average Bonchev–Trinajstić information content (AvgIpc) is 2.47. The van der Waals surface area contributed by atoms with Crippen LogP contribution >= 0.6 is 0 Å². The zero-order valence-electron chi connectivity index (χ0n) is 12.2. The number of aromatic nitrogens is 3. The maximum Gasteiger partial charge on any atom is 0.180 e. The zero-order valence-corrected chi connectivity index (χ0v) is 12.2. The van der Waals surface area contributed by atoms with Crippen LogP contribution in [0.5, 0.6) is 0 Å². The molecule has 0 saturated carbocycles. The molecule has 5 heteroatoms. The highest BCUT2D eigenvalue weighted by atomic mass is 16.5. The molecule has 5 nitrogen and oxygen atoms in total. The van der Waals surface area contributed by atoms with E-state index in [9.17, 15) is 0 Å². The summed E-state index contributed by atoms with van der Waals surface area (Å²) in [5.41, 5.74) is 2.83. The summed E-state index contributed by atoms with van der Waals surface area (Å²) in [6, 6.07) is 5.90. The molecule has 0 bridgehead atoms. The van der Waals surface area contributed by atoms with Crippen LogP contribution in [0, 0.1) is 0 Å². The van der Waals surface area contributed by atoms with Crippen molar-refractivity contribution in [3.8, 4) is 11.5 Å². The van der Waals surface area contributed by atoms with Crippen LogP contribution in [0.15, 0.2) is 24.4 Å². The van der Waals surface area contributed by atoms with E-state index in [1.165, 1.54) is 0 Å². The molecule has 0 aromatic carbocycles. The summed E-state index contributed by atoms with van der Waals surface area (Å²) in [4.78, 5) is 13.5. The molecule has 0 aliphatic carbocycles. The Kier molecular flexibility index (Phi) is 5.01. The van der Waals surface area contributed by atoms with E-state index in [2.05, 4.69) is 33.3 Å². The van der Waals surface area contributed by atoms with E-state index < -0.39 is 0 Å². The molecule has 0 fully saturated rings. The van der Waals surface area contributed by atoms with E-state index in [0.29, 0.717) is 12.4 Å². The van der Waals surface area contributed by atoms with Crippen molar-refractivity contribution in [1.82, 2.24) is 15.0 Å². The van der Waals surface area contributed by atoms with Gasteiger partial charge in [0, 0.05) is 25.9 Å². The van der Waals surface area contributed by atoms with Gasteiger partial charge >= 0.3 is 0 Å². The predicted molar refractivity (Wildman–Crippen MR) is 79.5 cm³/mol. The van der Waals surface area contributed by atoms with Gasteiger partial charge in [0.25, 0.3) is 0 Å². The highest BCUT2D eigenvalue weighted by molar-refractivity contribution is 5.57. The second-order valence-corrected chi connectivity index (χ2v) is 4.40. The summed E-state index contributed by atoms with van der Waals surface area (Å²) in [6.45, 7) is 5.41. The Morgan fingerprint density at radius 3 is 2.80 bits per heavy atom. The molecule has 1 N–H and O–H groups in total. The number of ether oxygens (including phenoxy) is 1. The van der Waals surface area contributed by atoms with Crippen molar-refractivity contribution in [3.05, 3.63) is 35.7 Å². The molecule has 0 saturated heterocycles. The van der Waals surface area contributed by atoms with Crippen LogP contribution in [0.2, 0.25) is 0 Å². The Bertz CT molecular complexity index is 547. The summed E-state index contributed by atoms with van der Waals surface area (Å²) < 4.78 is 5.17. The monoisotopic (exact) mass is 272 g/mol. The van der Waals surface area contributed by atoms with Crippen molar-refractivity contribution in [2.75, 3.05) is 19.0 Å². The molecule has 0 aliphatic heterocycles.